The first-order valence-electron chi connectivity index (χ1n) is 4.01. The average molecular weight is 125 g/mol. The van der Waals surface area contributed by atoms with Gasteiger partial charge in [0.05, 0.1) is 0 Å². The number of nitrogens with zero attached hydrogens (tertiary/aromatic N) is 1. The SMILES string of the molecule is C[C@H]1CC2CC[C@H]1N2C. The van der Waals surface area contributed by atoms with E-state index in [9.17, 15) is 0 Å². The zero-order valence-electron chi connectivity index (χ0n) is 6.30. The number of hydrogen-bond donors (Lipinski definition) is 0. The third-order valence-corrected chi connectivity index (χ3v) is 3.20. The van der Waals surface area contributed by atoms with Crippen LogP contribution in [-0.2, 0) is 0 Å². The second-order valence-electron chi connectivity index (χ2n) is 3.68. The molecule has 0 saturated carbocycles. The monoisotopic (exact) mass is 125 g/mol. The molecule has 2 heterocycles. The second kappa shape index (κ2) is 1.72. The molecule has 0 aromatic heterocycles. The Kier molecular flexibility index (Phi) is 1.10. The van der Waals surface area contributed by atoms with Crippen LogP contribution in [-0.4, -0.2) is 24.0 Å². The first-order chi connectivity index (χ1) is 4.29. The zero-order chi connectivity index (χ0) is 6.43. The van der Waals surface area contributed by atoms with E-state index in [0.29, 0.717) is 0 Å². The van der Waals surface area contributed by atoms with Gasteiger partial charge in [-0.05, 0) is 32.2 Å². The van der Waals surface area contributed by atoms with Crippen molar-refractivity contribution in [2.45, 2.75) is 38.3 Å². The van der Waals surface area contributed by atoms with E-state index in [4.69, 9.17) is 0 Å². The van der Waals surface area contributed by atoms with Crippen LogP contribution in [0, 0.1) is 5.92 Å². The first-order valence-corrected chi connectivity index (χ1v) is 4.01. The smallest absolute Gasteiger partial charge is 0.0122 e. The lowest BCUT2D eigenvalue weighted by molar-refractivity contribution is 0.296. The Morgan fingerprint density at radius 1 is 1.33 bits per heavy atom. The average Bonchev–Trinajstić information content (AvgIpc) is 2.25. The summed E-state index contributed by atoms with van der Waals surface area (Å²) in [6.07, 6.45) is 4.38. The molecular formula is C8H15N. The summed E-state index contributed by atoms with van der Waals surface area (Å²) in [7, 11) is 2.28. The maximum absolute atomic E-state index is 2.57. The number of rotatable bonds is 0. The molecule has 2 fully saturated rings. The fourth-order valence-corrected chi connectivity index (χ4v) is 2.60. The summed E-state index contributed by atoms with van der Waals surface area (Å²) >= 11 is 0. The van der Waals surface area contributed by atoms with Crippen molar-refractivity contribution in [3.05, 3.63) is 0 Å². The van der Waals surface area contributed by atoms with Crippen molar-refractivity contribution in [1.29, 1.82) is 0 Å². The van der Waals surface area contributed by atoms with Gasteiger partial charge in [-0.15, -0.1) is 0 Å². The third kappa shape index (κ3) is 0.644. The topological polar surface area (TPSA) is 3.24 Å². The van der Waals surface area contributed by atoms with Crippen LogP contribution >= 0.6 is 0 Å². The summed E-state index contributed by atoms with van der Waals surface area (Å²) in [5.41, 5.74) is 0. The molecule has 2 aliphatic rings. The van der Waals surface area contributed by atoms with Gasteiger partial charge in [0, 0.05) is 12.1 Å². The predicted molar refractivity (Wildman–Crippen MR) is 38.4 cm³/mol. The Bertz CT molecular complexity index is 122. The lowest BCUT2D eigenvalue weighted by Gasteiger charge is -2.16. The molecule has 0 aliphatic carbocycles. The maximum atomic E-state index is 2.57. The summed E-state index contributed by atoms with van der Waals surface area (Å²) in [5.74, 6) is 0.980. The van der Waals surface area contributed by atoms with Gasteiger partial charge in [0.1, 0.15) is 0 Å². The summed E-state index contributed by atoms with van der Waals surface area (Å²) in [5, 5.41) is 0. The molecule has 2 saturated heterocycles. The minimum Gasteiger partial charge on any atom is -0.300 e. The Morgan fingerprint density at radius 3 is 2.33 bits per heavy atom. The highest BCUT2D eigenvalue weighted by Gasteiger charge is 2.41. The Balaban J connectivity index is 2.16. The molecule has 2 rings (SSSR count). The van der Waals surface area contributed by atoms with Gasteiger partial charge in [0.2, 0.25) is 0 Å². The normalized spacial score (nSPS) is 50.7. The molecule has 1 heteroatoms. The lowest BCUT2D eigenvalue weighted by Crippen LogP contribution is -2.24. The van der Waals surface area contributed by atoms with E-state index >= 15 is 0 Å². The van der Waals surface area contributed by atoms with Crippen molar-refractivity contribution < 1.29 is 0 Å². The van der Waals surface area contributed by atoms with Crippen molar-refractivity contribution >= 4 is 0 Å². The summed E-state index contributed by atoms with van der Waals surface area (Å²) in [4.78, 5) is 2.57. The van der Waals surface area contributed by atoms with Crippen LogP contribution in [0.2, 0.25) is 0 Å². The maximum Gasteiger partial charge on any atom is 0.0122 e. The quantitative estimate of drug-likeness (QED) is 0.474. The largest absolute Gasteiger partial charge is 0.300 e. The van der Waals surface area contributed by atoms with E-state index in [1.807, 2.05) is 0 Å². The molecular weight excluding hydrogens is 110 g/mol. The Morgan fingerprint density at radius 2 is 2.11 bits per heavy atom. The Labute approximate surface area is 57.0 Å². The van der Waals surface area contributed by atoms with Gasteiger partial charge in [-0.1, -0.05) is 6.92 Å². The van der Waals surface area contributed by atoms with Gasteiger partial charge in [-0.2, -0.15) is 0 Å². The molecule has 2 bridgehead atoms. The van der Waals surface area contributed by atoms with E-state index in [2.05, 4.69) is 18.9 Å². The van der Waals surface area contributed by atoms with Crippen molar-refractivity contribution in [2.75, 3.05) is 7.05 Å². The molecule has 0 N–H and O–H groups in total. The van der Waals surface area contributed by atoms with Gasteiger partial charge in [-0.25, -0.2) is 0 Å². The van der Waals surface area contributed by atoms with Gasteiger partial charge < -0.3 is 4.90 Å². The van der Waals surface area contributed by atoms with E-state index in [1.54, 1.807) is 0 Å². The van der Waals surface area contributed by atoms with Crippen LogP contribution in [0.15, 0.2) is 0 Å². The predicted octanol–water partition coefficient (Wildman–Crippen LogP) is 1.49. The molecule has 3 atom stereocenters. The standard InChI is InChI=1S/C8H15N/c1-6-5-7-3-4-8(6)9(7)2/h6-8H,3-5H2,1-2H3/t6-,7?,8+/m0/s1. The molecule has 2 aliphatic heterocycles. The van der Waals surface area contributed by atoms with Crippen LogP contribution < -0.4 is 0 Å². The molecule has 0 aromatic rings. The highest BCUT2D eigenvalue weighted by molar-refractivity contribution is 4.96. The van der Waals surface area contributed by atoms with Crippen LogP contribution in [0.1, 0.15) is 26.2 Å². The van der Waals surface area contributed by atoms with Gasteiger partial charge in [0.15, 0.2) is 0 Å². The summed E-state index contributed by atoms with van der Waals surface area (Å²) in [6.45, 7) is 2.39. The van der Waals surface area contributed by atoms with Gasteiger partial charge in [0.25, 0.3) is 0 Å². The van der Waals surface area contributed by atoms with E-state index in [-0.39, 0.29) is 0 Å². The van der Waals surface area contributed by atoms with E-state index in [0.717, 1.165) is 18.0 Å². The highest BCUT2D eigenvalue weighted by Crippen LogP contribution is 2.39. The molecule has 0 amide bonds. The molecule has 52 valence electrons. The van der Waals surface area contributed by atoms with Crippen LogP contribution in [0.3, 0.4) is 0 Å². The highest BCUT2D eigenvalue weighted by atomic mass is 15.2. The van der Waals surface area contributed by atoms with Crippen LogP contribution in [0.5, 0.6) is 0 Å². The summed E-state index contributed by atoms with van der Waals surface area (Å²) in [6, 6.07) is 1.89. The van der Waals surface area contributed by atoms with Crippen molar-refractivity contribution in [2.24, 2.45) is 5.92 Å². The fourth-order valence-electron chi connectivity index (χ4n) is 2.60. The molecule has 0 aromatic carbocycles. The van der Waals surface area contributed by atoms with Crippen molar-refractivity contribution in [3.63, 3.8) is 0 Å². The van der Waals surface area contributed by atoms with Crippen molar-refractivity contribution in [3.8, 4) is 0 Å². The fraction of sp³-hybridized carbons (Fsp3) is 1.00. The number of fused-ring (bicyclic) bond motifs is 2. The molecule has 9 heavy (non-hydrogen) atoms. The molecule has 0 spiro atoms. The van der Waals surface area contributed by atoms with E-state index < -0.39 is 0 Å². The second-order valence-corrected chi connectivity index (χ2v) is 3.68. The minimum absolute atomic E-state index is 0.940. The molecule has 1 unspecified atom stereocenters. The lowest BCUT2D eigenvalue weighted by atomic mass is 9.91. The summed E-state index contributed by atoms with van der Waals surface area (Å²) < 4.78 is 0. The minimum atomic E-state index is 0.940. The zero-order valence-corrected chi connectivity index (χ0v) is 6.30. The first kappa shape index (κ1) is 5.72. The molecule has 0 radical (unpaired) electrons. The van der Waals surface area contributed by atoms with Crippen LogP contribution in [0.25, 0.3) is 0 Å². The van der Waals surface area contributed by atoms with Crippen molar-refractivity contribution in [1.82, 2.24) is 4.90 Å². The van der Waals surface area contributed by atoms with Gasteiger partial charge in [-0.3, -0.25) is 0 Å². The van der Waals surface area contributed by atoms with Crippen LogP contribution in [0.4, 0.5) is 0 Å². The molecule has 1 nitrogen and oxygen atoms in total. The van der Waals surface area contributed by atoms with E-state index in [1.165, 1.54) is 19.3 Å². The van der Waals surface area contributed by atoms with Gasteiger partial charge >= 0.3 is 0 Å². The third-order valence-electron chi connectivity index (χ3n) is 3.20. The number of hydrogen-bond acceptors (Lipinski definition) is 1. The Hall–Kier alpha value is -0.0400.